The van der Waals surface area contributed by atoms with Crippen LogP contribution in [0.25, 0.3) is 0 Å². The minimum atomic E-state index is -3.76. The van der Waals surface area contributed by atoms with Gasteiger partial charge in [-0.3, -0.25) is 9.59 Å². The number of amides is 2. The quantitative estimate of drug-likeness (QED) is 0.359. The van der Waals surface area contributed by atoms with Gasteiger partial charge in [0.15, 0.2) is 0 Å². The summed E-state index contributed by atoms with van der Waals surface area (Å²) < 4.78 is 39.6. The van der Waals surface area contributed by atoms with E-state index in [0.29, 0.717) is 26.7 Å². The van der Waals surface area contributed by atoms with Crippen LogP contribution >= 0.6 is 23.2 Å². The van der Waals surface area contributed by atoms with E-state index in [9.17, 15) is 22.4 Å². The van der Waals surface area contributed by atoms with Crippen molar-refractivity contribution in [2.75, 3.05) is 12.8 Å². The van der Waals surface area contributed by atoms with Crippen LogP contribution < -0.4 is 5.32 Å². The average molecular weight is 581 g/mol. The summed E-state index contributed by atoms with van der Waals surface area (Å²) >= 11 is 12.1. The molecule has 38 heavy (non-hydrogen) atoms. The normalized spacial score (nSPS) is 12.3. The third-order valence-corrected chi connectivity index (χ3v) is 7.67. The monoisotopic (exact) mass is 579 g/mol. The number of nitrogens with one attached hydrogen (secondary N) is 1. The predicted octanol–water partition coefficient (Wildman–Crippen LogP) is 4.63. The second kappa shape index (κ2) is 13.2. The summed E-state index contributed by atoms with van der Waals surface area (Å²) in [7, 11) is -3.76. The van der Waals surface area contributed by atoms with Crippen molar-refractivity contribution in [3.8, 4) is 0 Å². The second-order valence-corrected chi connectivity index (χ2v) is 11.6. The highest BCUT2D eigenvalue weighted by molar-refractivity contribution is 7.88. The molecule has 0 bridgehead atoms. The fraction of sp³-hybridized carbons (Fsp3) is 0.259. The van der Waals surface area contributed by atoms with Crippen LogP contribution in [0.5, 0.6) is 0 Å². The van der Waals surface area contributed by atoms with E-state index in [1.54, 1.807) is 55.5 Å². The highest BCUT2D eigenvalue weighted by Crippen LogP contribution is 2.21. The molecule has 0 aliphatic rings. The summed E-state index contributed by atoms with van der Waals surface area (Å²) in [5, 5.41) is 3.60. The van der Waals surface area contributed by atoms with Gasteiger partial charge < -0.3 is 10.2 Å². The molecule has 0 heterocycles. The number of benzene rings is 3. The fourth-order valence-electron chi connectivity index (χ4n) is 3.68. The molecule has 202 valence electrons. The van der Waals surface area contributed by atoms with Gasteiger partial charge in [0.05, 0.1) is 12.8 Å². The van der Waals surface area contributed by atoms with Crippen molar-refractivity contribution in [3.63, 3.8) is 0 Å². The molecular formula is C27H28Cl2FN3O4S. The molecular weight excluding hydrogens is 552 g/mol. The van der Waals surface area contributed by atoms with Gasteiger partial charge in [0.25, 0.3) is 0 Å². The maximum absolute atomic E-state index is 13.5. The number of carbonyl (C=O) groups excluding carboxylic acids is 2. The van der Waals surface area contributed by atoms with E-state index in [0.717, 1.165) is 10.6 Å². The van der Waals surface area contributed by atoms with Crippen LogP contribution in [0.4, 0.5) is 4.39 Å². The molecule has 0 fully saturated rings. The lowest BCUT2D eigenvalue weighted by Crippen LogP contribution is -2.50. The zero-order valence-electron chi connectivity index (χ0n) is 20.9. The van der Waals surface area contributed by atoms with Crippen LogP contribution in [-0.2, 0) is 39.2 Å². The molecule has 0 aromatic heterocycles. The van der Waals surface area contributed by atoms with E-state index < -0.39 is 40.2 Å². The predicted molar refractivity (Wildman–Crippen MR) is 146 cm³/mol. The summed E-state index contributed by atoms with van der Waals surface area (Å²) in [5.74, 6) is -1.49. The van der Waals surface area contributed by atoms with Gasteiger partial charge in [0.1, 0.15) is 11.9 Å². The Balaban J connectivity index is 1.81. The van der Waals surface area contributed by atoms with Crippen molar-refractivity contribution in [3.05, 3.63) is 105 Å². The van der Waals surface area contributed by atoms with Crippen LogP contribution in [0.15, 0.2) is 72.8 Å². The summed E-state index contributed by atoms with van der Waals surface area (Å²) in [4.78, 5) is 27.9. The molecule has 3 rings (SSSR count). The van der Waals surface area contributed by atoms with Gasteiger partial charge in [-0.25, -0.2) is 12.8 Å². The molecule has 3 aromatic rings. The standard InChI is InChI=1S/C27H28Cl2FN3O4S/c1-19(27(35)31-15-22-10-11-23(28)14-25(22)29)33(17-21-8-12-24(30)13-9-21)26(34)18-32(38(2,36)37)16-20-6-4-3-5-7-20/h3-14,19H,15-18H2,1-2H3,(H,31,35)/t19-/m1/s1. The van der Waals surface area contributed by atoms with Gasteiger partial charge >= 0.3 is 0 Å². The smallest absolute Gasteiger partial charge is 0.242 e. The van der Waals surface area contributed by atoms with E-state index in [1.165, 1.54) is 29.2 Å². The third-order valence-electron chi connectivity index (χ3n) is 5.88. The molecule has 0 aliphatic heterocycles. The lowest BCUT2D eigenvalue weighted by atomic mass is 10.1. The molecule has 2 amide bonds. The highest BCUT2D eigenvalue weighted by Gasteiger charge is 2.30. The summed E-state index contributed by atoms with van der Waals surface area (Å²) in [6.45, 7) is 1.13. The number of halogens is 3. The van der Waals surface area contributed by atoms with E-state index in [2.05, 4.69) is 5.32 Å². The van der Waals surface area contributed by atoms with Crippen molar-refractivity contribution in [1.29, 1.82) is 0 Å². The topological polar surface area (TPSA) is 86.8 Å². The number of hydrogen-bond acceptors (Lipinski definition) is 4. The van der Waals surface area contributed by atoms with E-state index in [4.69, 9.17) is 23.2 Å². The van der Waals surface area contributed by atoms with Gasteiger partial charge in [-0.2, -0.15) is 4.31 Å². The zero-order chi connectivity index (χ0) is 27.9. The fourth-order valence-corrected chi connectivity index (χ4v) is 4.89. The Bertz CT molecular complexity index is 1370. The van der Waals surface area contributed by atoms with E-state index >= 15 is 0 Å². The van der Waals surface area contributed by atoms with Gasteiger partial charge in [-0.1, -0.05) is 71.7 Å². The Morgan fingerprint density at radius 1 is 0.947 bits per heavy atom. The summed E-state index contributed by atoms with van der Waals surface area (Å²) in [6.07, 6.45) is 1.03. The van der Waals surface area contributed by atoms with Gasteiger partial charge in [0.2, 0.25) is 21.8 Å². The van der Waals surface area contributed by atoms with Crippen LogP contribution in [-0.4, -0.2) is 48.3 Å². The minimum Gasteiger partial charge on any atom is -0.350 e. The van der Waals surface area contributed by atoms with Crippen molar-refractivity contribution in [1.82, 2.24) is 14.5 Å². The Hall–Kier alpha value is -2.98. The largest absolute Gasteiger partial charge is 0.350 e. The molecule has 0 aliphatic carbocycles. The first kappa shape index (κ1) is 29.6. The van der Waals surface area contributed by atoms with Gasteiger partial charge in [-0.15, -0.1) is 0 Å². The molecule has 0 spiro atoms. The molecule has 7 nitrogen and oxygen atoms in total. The molecule has 1 atom stereocenters. The SMILES string of the molecule is C[C@H](C(=O)NCc1ccc(Cl)cc1Cl)N(Cc1ccc(F)cc1)C(=O)CN(Cc1ccccc1)S(C)(=O)=O. The van der Waals surface area contributed by atoms with Crippen molar-refractivity contribution in [2.24, 2.45) is 0 Å². The number of nitrogens with zero attached hydrogens (tertiary/aromatic N) is 2. The van der Waals surface area contributed by atoms with Crippen LogP contribution in [0.3, 0.4) is 0 Å². The number of hydrogen-bond donors (Lipinski definition) is 1. The number of rotatable bonds is 11. The van der Waals surface area contributed by atoms with Crippen LogP contribution in [0.2, 0.25) is 10.0 Å². The van der Waals surface area contributed by atoms with E-state index in [1.807, 2.05) is 0 Å². The Kier molecular flexibility index (Phi) is 10.3. The lowest BCUT2D eigenvalue weighted by Gasteiger charge is -2.31. The second-order valence-electron chi connectivity index (χ2n) is 8.79. The molecule has 0 unspecified atom stereocenters. The first-order chi connectivity index (χ1) is 17.9. The van der Waals surface area contributed by atoms with E-state index in [-0.39, 0.29) is 19.6 Å². The summed E-state index contributed by atoms with van der Waals surface area (Å²) in [6, 6.07) is 18.3. The molecule has 0 saturated heterocycles. The molecule has 0 radical (unpaired) electrons. The maximum atomic E-state index is 13.5. The van der Waals surface area contributed by atoms with Crippen molar-refractivity contribution in [2.45, 2.75) is 32.6 Å². The Morgan fingerprint density at radius 2 is 1.58 bits per heavy atom. The zero-order valence-corrected chi connectivity index (χ0v) is 23.2. The van der Waals surface area contributed by atoms with Crippen molar-refractivity contribution >= 4 is 45.0 Å². The van der Waals surface area contributed by atoms with Crippen LogP contribution in [0, 0.1) is 5.82 Å². The van der Waals surface area contributed by atoms with Crippen molar-refractivity contribution < 1.29 is 22.4 Å². The Morgan fingerprint density at radius 3 is 2.18 bits per heavy atom. The van der Waals surface area contributed by atoms with Crippen LogP contribution in [0.1, 0.15) is 23.6 Å². The van der Waals surface area contributed by atoms with Gasteiger partial charge in [-0.05, 0) is 47.9 Å². The average Bonchev–Trinajstić information content (AvgIpc) is 2.87. The third kappa shape index (κ3) is 8.52. The number of carbonyl (C=O) groups is 2. The van der Waals surface area contributed by atoms with Gasteiger partial charge in [0, 0.05) is 29.7 Å². The Labute approximate surface area is 232 Å². The lowest BCUT2D eigenvalue weighted by molar-refractivity contribution is -0.140. The minimum absolute atomic E-state index is 0.00849. The molecule has 1 N–H and O–H groups in total. The first-order valence-corrected chi connectivity index (χ1v) is 14.3. The molecule has 0 saturated carbocycles. The summed E-state index contributed by atoms with van der Waals surface area (Å²) in [5.41, 5.74) is 1.93. The highest BCUT2D eigenvalue weighted by atomic mass is 35.5. The first-order valence-electron chi connectivity index (χ1n) is 11.7. The molecule has 3 aromatic carbocycles. The number of sulfonamides is 1. The molecule has 11 heteroatoms. The maximum Gasteiger partial charge on any atom is 0.242 e.